The number of hydrogen-bond donors (Lipinski definition) is 0. The molecule has 2 aromatic carbocycles. The van der Waals surface area contributed by atoms with E-state index in [1.807, 2.05) is 37.3 Å². The van der Waals surface area contributed by atoms with Crippen LogP contribution in [0.1, 0.15) is 30.6 Å². The Morgan fingerprint density at radius 1 is 1.32 bits per heavy atom. The minimum Gasteiger partial charge on any atom is -0.474 e. The van der Waals surface area contributed by atoms with Crippen LogP contribution in [0.2, 0.25) is 0 Å². The summed E-state index contributed by atoms with van der Waals surface area (Å²) >= 11 is 0. The van der Waals surface area contributed by atoms with Crippen LogP contribution in [0.5, 0.6) is 5.75 Å². The fraction of sp³-hybridized carbons (Fsp3) is 0.250. The van der Waals surface area contributed by atoms with E-state index >= 15 is 0 Å². The van der Waals surface area contributed by atoms with E-state index in [-0.39, 0.29) is 5.78 Å². The van der Waals surface area contributed by atoms with Gasteiger partial charge in [-0.2, -0.15) is 5.26 Å². The molecule has 0 fully saturated rings. The van der Waals surface area contributed by atoms with Gasteiger partial charge < -0.3 is 4.74 Å². The van der Waals surface area contributed by atoms with E-state index in [0.29, 0.717) is 17.7 Å². The number of fused-ring (bicyclic) bond motifs is 1. The fourth-order valence-corrected chi connectivity index (χ4v) is 1.99. The van der Waals surface area contributed by atoms with Gasteiger partial charge in [0.15, 0.2) is 11.9 Å². The molecule has 0 aliphatic carbocycles. The van der Waals surface area contributed by atoms with Crippen molar-refractivity contribution < 1.29 is 9.53 Å². The molecule has 0 heterocycles. The Morgan fingerprint density at radius 3 is 2.68 bits per heavy atom. The van der Waals surface area contributed by atoms with Crippen molar-refractivity contribution in [2.45, 2.75) is 26.4 Å². The first-order chi connectivity index (χ1) is 9.17. The summed E-state index contributed by atoms with van der Waals surface area (Å²) in [5.41, 5.74) is 0.521. The van der Waals surface area contributed by atoms with Crippen LogP contribution in [-0.2, 0) is 0 Å². The number of carbonyl (C=O) groups is 1. The molecule has 96 valence electrons. The van der Waals surface area contributed by atoms with Gasteiger partial charge in [0.25, 0.3) is 0 Å². The van der Waals surface area contributed by atoms with Crippen LogP contribution in [0.3, 0.4) is 0 Å². The minimum atomic E-state index is -0.538. The summed E-state index contributed by atoms with van der Waals surface area (Å²) in [6.07, 6.45) is 0.0424. The number of Topliss-reactive ketones (excluding diaryl/α,β-unsaturated/α-hetero) is 1. The largest absolute Gasteiger partial charge is 0.474 e. The van der Waals surface area contributed by atoms with Gasteiger partial charge in [0.2, 0.25) is 0 Å². The van der Waals surface area contributed by atoms with Gasteiger partial charge >= 0.3 is 0 Å². The highest BCUT2D eigenvalue weighted by Crippen LogP contribution is 2.31. The van der Waals surface area contributed by atoms with E-state index < -0.39 is 6.10 Å². The predicted octanol–water partition coefficient (Wildman–Crippen LogP) is 3.72. The van der Waals surface area contributed by atoms with Gasteiger partial charge in [-0.3, -0.25) is 4.79 Å². The molecule has 3 heteroatoms. The van der Waals surface area contributed by atoms with Crippen molar-refractivity contribution in [3.05, 3.63) is 42.0 Å². The Kier molecular flexibility index (Phi) is 3.82. The van der Waals surface area contributed by atoms with Crippen LogP contribution in [0, 0.1) is 11.3 Å². The van der Waals surface area contributed by atoms with E-state index in [1.165, 1.54) is 6.92 Å². The molecule has 0 spiro atoms. The lowest BCUT2D eigenvalue weighted by Gasteiger charge is -2.15. The molecule has 0 bridgehead atoms. The summed E-state index contributed by atoms with van der Waals surface area (Å²) in [6, 6.07) is 13.4. The molecule has 3 nitrogen and oxygen atoms in total. The summed E-state index contributed by atoms with van der Waals surface area (Å²) in [7, 11) is 0. The van der Waals surface area contributed by atoms with Crippen LogP contribution in [0.15, 0.2) is 36.4 Å². The fourth-order valence-electron chi connectivity index (χ4n) is 1.99. The van der Waals surface area contributed by atoms with Gasteiger partial charge in [-0.15, -0.1) is 0 Å². The first kappa shape index (κ1) is 13.1. The highest BCUT2D eigenvalue weighted by Gasteiger charge is 2.16. The molecule has 0 N–H and O–H groups in total. The van der Waals surface area contributed by atoms with Crippen LogP contribution in [-0.4, -0.2) is 11.9 Å². The third kappa shape index (κ3) is 2.58. The zero-order valence-electron chi connectivity index (χ0n) is 11.0. The summed E-state index contributed by atoms with van der Waals surface area (Å²) in [6.45, 7) is 3.39. The lowest BCUT2D eigenvalue weighted by atomic mass is 10.0. The summed E-state index contributed by atoms with van der Waals surface area (Å²) in [5, 5.41) is 10.9. The number of rotatable bonds is 4. The molecule has 2 aromatic rings. The normalized spacial score (nSPS) is 11.8. The second-order valence-electron chi connectivity index (χ2n) is 4.36. The molecule has 0 aliphatic rings. The molecule has 1 atom stereocenters. The Labute approximate surface area is 112 Å². The van der Waals surface area contributed by atoms with Crippen molar-refractivity contribution in [1.82, 2.24) is 0 Å². The Balaban J connectivity index is 2.62. The van der Waals surface area contributed by atoms with Crippen molar-refractivity contribution in [2.75, 3.05) is 0 Å². The molecular weight excluding hydrogens is 238 g/mol. The molecule has 0 aliphatic heterocycles. The average Bonchev–Trinajstić information content (AvgIpc) is 2.44. The molecule has 0 radical (unpaired) electrons. The van der Waals surface area contributed by atoms with Crippen LogP contribution in [0.25, 0.3) is 10.8 Å². The molecular formula is C16H15NO2. The van der Waals surface area contributed by atoms with Gasteiger partial charge in [-0.1, -0.05) is 37.3 Å². The number of ether oxygens (including phenoxy) is 1. The molecule has 19 heavy (non-hydrogen) atoms. The Bertz CT molecular complexity index is 655. The van der Waals surface area contributed by atoms with Gasteiger partial charge in [-0.25, -0.2) is 0 Å². The SMILES string of the molecule is CCC(C#N)Oc1c(C(C)=O)ccc2ccccc12. The number of nitriles is 1. The Hall–Kier alpha value is -2.34. The lowest BCUT2D eigenvalue weighted by molar-refractivity contribution is 0.101. The maximum Gasteiger partial charge on any atom is 0.184 e. The standard InChI is InChI=1S/C16H15NO2/c1-3-13(10-17)19-16-14(11(2)18)9-8-12-6-4-5-7-15(12)16/h4-9,13H,3H2,1-2H3. The van der Waals surface area contributed by atoms with Crippen molar-refractivity contribution in [3.8, 4) is 11.8 Å². The van der Waals surface area contributed by atoms with E-state index in [0.717, 1.165) is 10.8 Å². The first-order valence-electron chi connectivity index (χ1n) is 6.26. The summed E-state index contributed by atoms with van der Waals surface area (Å²) in [5.74, 6) is 0.451. The third-order valence-corrected chi connectivity index (χ3v) is 3.03. The van der Waals surface area contributed by atoms with Crippen LogP contribution in [0.4, 0.5) is 0 Å². The molecule has 1 unspecified atom stereocenters. The van der Waals surface area contributed by atoms with Gasteiger partial charge in [0, 0.05) is 5.39 Å². The van der Waals surface area contributed by atoms with E-state index in [9.17, 15) is 4.79 Å². The molecule has 0 saturated carbocycles. The number of nitrogens with zero attached hydrogens (tertiary/aromatic N) is 1. The topological polar surface area (TPSA) is 50.1 Å². The molecule has 2 rings (SSSR count). The zero-order chi connectivity index (χ0) is 13.8. The smallest absolute Gasteiger partial charge is 0.184 e. The second kappa shape index (κ2) is 5.53. The lowest BCUT2D eigenvalue weighted by Crippen LogP contribution is -2.14. The summed E-state index contributed by atoms with van der Waals surface area (Å²) in [4.78, 5) is 11.7. The number of carbonyl (C=O) groups excluding carboxylic acids is 1. The van der Waals surface area contributed by atoms with Crippen LogP contribution < -0.4 is 4.74 Å². The molecule has 0 saturated heterocycles. The third-order valence-electron chi connectivity index (χ3n) is 3.03. The molecule has 0 aromatic heterocycles. The average molecular weight is 253 g/mol. The quantitative estimate of drug-likeness (QED) is 0.780. The van der Waals surface area contributed by atoms with E-state index in [1.54, 1.807) is 6.07 Å². The first-order valence-corrected chi connectivity index (χ1v) is 6.26. The number of benzene rings is 2. The highest BCUT2D eigenvalue weighted by molar-refractivity contribution is 6.03. The van der Waals surface area contributed by atoms with Gasteiger partial charge in [0.05, 0.1) is 5.56 Å². The second-order valence-corrected chi connectivity index (χ2v) is 4.36. The number of hydrogen-bond acceptors (Lipinski definition) is 3. The van der Waals surface area contributed by atoms with Gasteiger partial charge in [0.1, 0.15) is 11.8 Å². The van der Waals surface area contributed by atoms with E-state index in [4.69, 9.17) is 10.00 Å². The minimum absolute atomic E-state index is 0.0615. The van der Waals surface area contributed by atoms with E-state index in [2.05, 4.69) is 6.07 Å². The van der Waals surface area contributed by atoms with Crippen molar-refractivity contribution in [1.29, 1.82) is 5.26 Å². The summed E-state index contributed by atoms with van der Waals surface area (Å²) < 4.78 is 5.74. The predicted molar refractivity (Wildman–Crippen MR) is 74.3 cm³/mol. The monoisotopic (exact) mass is 253 g/mol. The molecule has 0 amide bonds. The van der Waals surface area contributed by atoms with Crippen molar-refractivity contribution in [2.24, 2.45) is 0 Å². The van der Waals surface area contributed by atoms with Crippen molar-refractivity contribution >= 4 is 16.6 Å². The highest BCUT2D eigenvalue weighted by atomic mass is 16.5. The van der Waals surface area contributed by atoms with Crippen molar-refractivity contribution in [3.63, 3.8) is 0 Å². The van der Waals surface area contributed by atoms with Crippen LogP contribution >= 0.6 is 0 Å². The number of ketones is 1. The maximum atomic E-state index is 11.7. The van der Waals surface area contributed by atoms with Gasteiger partial charge in [-0.05, 0) is 24.8 Å². The maximum absolute atomic E-state index is 11.7. The Morgan fingerprint density at radius 2 is 2.05 bits per heavy atom. The zero-order valence-corrected chi connectivity index (χ0v) is 11.0.